The van der Waals surface area contributed by atoms with Crippen LogP contribution in [0.15, 0.2) is 0 Å². The van der Waals surface area contributed by atoms with E-state index in [1.54, 1.807) is 0 Å². The van der Waals surface area contributed by atoms with Crippen LogP contribution >= 0.6 is 0 Å². The first-order chi connectivity index (χ1) is 4.48. The summed E-state index contributed by atoms with van der Waals surface area (Å²) in [7, 11) is 1.88. The molecule has 0 aromatic rings. The molecule has 0 rings (SSSR count). The smallest absolute Gasteiger partial charge is 0 e. The van der Waals surface area contributed by atoms with E-state index in [0.717, 1.165) is 12.5 Å². The summed E-state index contributed by atoms with van der Waals surface area (Å²) in [4.78, 5) is 0. The van der Waals surface area contributed by atoms with E-state index in [1.807, 2.05) is 7.05 Å². The molecule has 0 spiro atoms. The summed E-state index contributed by atoms with van der Waals surface area (Å²) in [5.74, 6) is 0.774. The topological polar surface area (TPSA) is 14.1 Å². The van der Waals surface area contributed by atoms with Gasteiger partial charge in [-0.05, 0) is 11.3 Å². The van der Waals surface area contributed by atoms with Crippen molar-refractivity contribution in [2.45, 2.75) is 34.1 Å². The van der Waals surface area contributed by atoms with E-state index in [2.05, 4.69) is 33.0 Å². The van der Waals surface area contributed by atoms with E-state index >= 15 is 0 Å². The van der Waals surface area contributed by atoms with Gasteiger partial charge in [-0.1, -0.05) is 34.1 Å². The molecule has 0 saturated heterocycles. The van der Waals surface area contributed by atoms with Gasteiger partial charge < -0.3 is 5.32 Å². The third kappa shape index (κ3) is 7.00. The quantitative estimate of drug-likeness (QED) is 0.756. The predicted octanol–water partition coefficient (Wildman–Crippen LogP) is 3.06. The molecule has 2 heteroatoms. The average molecular weight is 328 g/mol. The van der Waals surface area contributed by atoms with Gasteiger partial charge in [0.05, 0.1) is 0 Å². The fourth-order valence-corrected chi connectivity index (χ4v) is 0.756. The van der Waals surface area contributed by atoms with Gasteiger partial charge in [0, 0.05) is 20.4 Å². The molecule has 11 heavy (non-hydrogen) atoms. The molecule has 0 aliphatic heterocycles. The van der Waals surface area contributed by atoms with E-state index in [1.165, 1.54) is 6.42 Å². The van der Waals surface area contributed by atoms with Crippen molar-refractivity contribution in [3.8, 4) is 0 Å². The molecule has 0 aromatic carbocycles. The molecule has 0 N–H and O–H groups in total. The van der Waals surface area contributed by atoms with Gasteiger partial charge in [0.2, 0.25) is 0 Å². The van der Waals surface area contributed by atoms with Gasteiger partial charge >= 0.3 is 0 Å². The molecule has 1 atom stereocenters. The molecule has 0 bridgehead atoms. The Morgan fingerprint density at radius 1 is 1.27 bits per heavy atom. The van der Waals surface area contributed by atoms with E-state index in [9.17, 15) is 0 Å². The first-order valence-corrected chi connectivity index (χ1v) is 4.04. The molecule has 0 aliphatic rings. The summed E-state index contributed by atoms with van der Waals surface area (Å²) >= 11 is 0. The second-order valence-electron chi connectivity index (χ2n) is 4.10. The molecule has 0 aliphatic carbocycles. The number of nitrogens with zero attached hydrogens (tertiary/aromatic N) is 1. The van der Waals surface area contributed by atoms with Crippen molar-refractivity contribution >= 4 is 0 Å². The van der Waals surface area contributed by atoms with Crippen LogP contribution in [-0.4, -0.2) is 13.6 Å². The minimum absolute atomic E-state index is 0. The van der Waals surface area contributed by atoms with Gasteiger partial charge in [0.25, 0.3) is 0 Å². The van der Waals surface area contributed by atoms with Crippen LogP contribution in [-0.2, 0) is 20.4 Å². The Hall–Kier alpha value is 0.622. The normalized spacial score (nSPS) is 13.9. The Bertz CT molecular complexity index is 86.1. The molecule has 0 aromatic heterocycles. The molecule has 1 nitrogen and oxygen atoms in total. The number of hydrogen-bond donors (Lipinski definition) is 0. The van der Waals surface area contributed by atoms with Crippen LogP contribution in [0.1, 0.15) is 34.1 Å². The van der Waals surface area contributed by atoms with Crippen molar-refractivity contribution in [1.29, 1.82) is 0 Å². The van der Waals surface area contributed by atoms with Gasteiger partial charge in [-0.3, -0.25) is 0 Å². The molecule has 1 unspecified atom stereocenters. The maximum Gasteiger partial charge on any atom is 0 e. The summed E-state index contributed by atoms with van der Waals surface area (Å²) in [5, 5.41) is 4.09. The SMILES string of the molecule is C[N-]CCC(C)C(C)(C)C.[Re]. The van der Waals surface area contributed by atoms with Crippen molar-refractivity contribution in [1.82, 2.24) is 0 Å². The summed E-state index contributed by atoms with van der Waals surface area (Å²) in [5.41, 5.74) is 0.449. The number of rotatable bonds is 3. The van der Waals surface area contributed by atoms with Gasteiger partial charge in [-0.15, -0.1) is 6.54 Å². The standard InChI is InChI=1S/C9H20N.Re/c1-8(6-7-10-5)9(2,3)4;/h8H,6-7H2,1-5H3;/q-1;. The van der Waals surface area contributed by atoms with Crippen molar-refractivity contribution in [3.63, 3.8) is 0 Å². The van der Waals surface area contributed by atoms with Crippen LogP contribution in [0.2, 0.25) is 0 Å². The van der Waals surface area contributed by atoms with E-state index < -0.39 is 0 Å². The molecule has 1 radical (unpaired) electrons. The largest absolute Gasteiger partial charge is 0.665 e. The third-order valence-corrected chi connectivity index (χ3v) is 2.26. The monoisotopic (exact) mass is 329 g/mol. The van der Waals surface area contributed by atoms with Crippen LogP contribution in [0, 0.1) is 11.3 Å². The molecule has 0 saturated carbocycles. The zero-order valence-electron chi connectivity index (χ0n) is 8.32. The minimum Gasteiger partial charge on any atom is -0.665 e. The zero-order chi connectivity index (χ0) is 8.20. The molecular formula is C9H20NRe-. The minimum atomic E-state index is 0. The van der Waals surface area contributed by atoms with Crippen LogP contribution in [0.3, 0.4) is 0 Å². The van der Waals surface area contributed by atoms with Gasteiger partial charge in [-0.2, -0.15) is 7.05 Å². The van der Waals surface area contributed by atoms with Crippen LogP contribution < -0.4 is 0 Å². The van der Waals surface area contributed by atoms with Crippen molar-refractivity contribution in [2.24, 2.45) is 11.3 Å². The van der Waals surface area contributed by atoms with E-state index in [0.29, 0.717) is 5.41 Å². The van der Waals surface area contributed by atoms with Crippen LogP contribution in [0.5, 0.6) is 0 Å². The van der Waals surface area contributed by atoms with E-state index in [4.69, 9.17) is 0 Å². The number of hydrogen-bond acceptors (Lipinski definition) is 0. The maximum atomic E-state index is 4.09. The van der Waals surface area contributed by atoms with Gasteiger partial charge in [0.1, 0.15) is 0 Å². The second-order valence-corrected chi connectivity index (χ2v) is 4.10. The zero-order valence-corrected chi connectivity index (χ0v) is 11.0. The summed E-state index contributed by atoms with van der Waals surface area (Å²) in [6.07, 6.45) is 1.22. The summed E-state index contributed by atoms with van der Waals surface area (Å²) < 4.78 is 0. The van der Waals surface area contributed by atoms with Gasteiger partial charge in [0.15, 0.2) is 0 Å². The third-order valence-electron chi connectivity index (χ3n) is 2.26. The molecule has 69 valence electrons. The Kier molecular flexibility index (Phi) is 7.95. The van der Waals surface area contributed by atoms with E-state index in [-0.39, 0.29) is 20.4 Å². The van der Waals surface area contributed by atoms with Crippen molar-refractivity contribution < 1.29 is 20.4 Å². The summed E-state index contributed by atoms with van der Waals surface area (Å²) in [6.45, 7) is 10.2. The fourth-order valence-electron chi connectivity index (χ4n) is 0.756. The molecule has 0 heterocycles. The van der Waals surface area contributed by atoms with Crippen LogP contribution in [0.4, 0.5) is 0 Å². The Labute approximate surface area is 85.0 Å². The van der Waals surface area contributed by atoms with Crippen LogP contribution in [0.25, 0.3) is 5.32 Å². The van der Waals surface area contributed by atoms with Crippen molar-refractivity contribution in [2.75, 3.05) is 13.6 Å². The van der Waals surface area contributed by atoms with Gasteiger partial charge in [-0.25, -0.2) is 0 Å². The second kappa shape index (κ2) is 6.17. The first-order valence-electron chi connectivity index (χ1n) is 4.04. The van der Waals surface area contributed by atoms with Crippen molar-refractivity contribution in [3.05, 3.63) is 5.32 Å². The molecular weight excluding hydrogens is 308 g/mol. The molecule has 0 amide bonds. The average Bonchev–Trinajstić information content (AvgIpc) is 1.80. The fraction of sp³-hybridized carbons (Fsp3) is 1.00. The Morgan fingerprint density at radius 2 is 1.73 bits per heavy atom. The first kappa shape index (κ1) is 14.2. The molecule has 0 fully saturated rings. The Balaban J connectivity index is 0. The summed E-state index contributed by atoms with van der Waals surface area (Å²) in [6, 6.07) is 0. The maximum absolute atomic E-state index is 4.09. The predicted molar refractivity (Wildman–Crippen MR) is 47.4 cm³/mol. The Morgan fingerprint density at radius 3 is 2.00 bits per heavy atom.